The van der Waals surface area contributed by atoms with Crippen LogP contribution in [0.15, 0.2) is 40.9 Å². The molecule has 1 saturated carbocycles. The maximum Gasteiger partial charge on any atom is 0.124 e. The van der Waals surface area contributed by atoms with Crippen molar-refractivity contribution < 1.29 is 4.74 Å². The predicted octanol–water partition coefficient (Wildman–Crippen LogP) is 7.54. The standard InChI is InChI=1S/C22H26BrCl2NO/c23-18-9-11-22(27-15-16-8-10-19(24)13-21(16)25)17(12-18)14-26-20-6-4-2-1-3-5-7-20/h8-13,20,26H,1-7,14-15H2. The fourth-order valence-electron chi connectivity index (χ4n) is 3.54. The highest BCUT2D eigenvalue weighted by Gasteiger charge is 2.13. The molecule has 5 heteroatoms. The van der Waals surface area contributed by atoms with Gasteiger partial charge in [-0.15, -0.1) is 0 Å². The van der Waals surface area contributed by atoms with Gasteiger partial charge in [-0.2, -0.15) is 0 Å². The van der Waals surface area contributed by atoms with E-state index < -0.39 is 0 Å². The van der Waals surface area contributed by atoms with Gasteiger partial charge >= 0.3 is 0 Å². The summed E-state index contributed by atoms with van der Waals surface area (Å²) in [5.41, 5.74) is 2.10. The Morgan fingerprint density at radius 3 is 2.41 bits per heavy atom. The molecule has 0 aromatic heterocycles. The lowest BCUT2D eigenvalue weighted by Crippen LogP contribution is -2.29. The van der Waals surface area contributed by atoms with Gasteiger partial charge in [0, 0.05) is 38.2 Å². The zero-order chi connectivity index (χ0) is 19.1. The predicted molar refractivity (Wildman–Crippen MR) is 118 cm³/mol. The van der Waals surface area contributed by atoms with Crippen LogP contribution >= 0.6 is 39.1 Å². The third-order valence-electron chi connectivity index (χ3n) is 5.11. The largest absolute Gasteiger partial charge is 0.489 e. The van der Waals surface area contributed by atoms with Gasteiger partial charge in [0.2, 0.25) is 0 Å². The van der Waals surface area contributed by atoms with Crippen molar-refractivity contribution in [2.24, 2.45) is 0 Å². The van der Waals surface area contributed by atoms with Crippen LogP contribution in [-0.2, 0) is 13.2 Å². The minimum absolute atomic E-state index is 0.425. The maximum atomic E-state index is 6.27. The van der Waals surface area contributed by atoms with Gasteiger partial charge < -0.3 is 10.1 Å². The van der Waals surface area contributed by atoms with Gasteiger partial charge in [0.1, 0.15) is 12.4 Å². The molecule has 0 heterocycles. The molecule has 2 aromatic carbocycles. The molecule has 0 bridgehead atoms. The molecule has 0 amide bonds. The van der Waals surface area contributed by atoms with Crippen molar-refractivity contribution in [3.8, 4) is 5.75 Å². The Morgan fingerprint density at radius 1 is 0.926 bits per heavy atom. The summed E-state index contributed by atoms with van der Waals surface area (Å²) in [5, 5.41) is 5.01. The molecule has 0 spiro atoms. The molecule has 1 aliphatic rings. The highest BCUT2D eigenvalue weighted by molar-refractivity contribution is 9.10. The van der Waals surface area contributed by atoms with E-state index in [9.17, 15) is 0 Å². The first-order chi connectivity index (χ1) is 13.1. The fourth-order valence-corrected chi connectivity index (χ4v) is 4.41. The van der Waals surface area contributed by atoms with Crippen molar-refractivity contribution in [1.82, 2.24) is 5.32 Å². The van der Waals surface area contributed by atoms with Crippen LogP contribution in [0, 0.1) is 0 Å². The van der Waals surface area contributed by atoms with E-state index in [2.05, 4.69) is 27.3 Å². The average molecular weight is 471 g/mol. The van der Waals surface area contributed by atoms with E-state index in [4.69, 9.17) is 27.9 Å². The molecule has 3 rings (SSSR count). The van der Waals surface area contributed by atoms with Crippen molar-refractivity contribution in [3.05, 3.63) is 62.0 Å². The Kier molecular flexibility index (Phi) is 8.32. The number of halogens is 3. The van der Waals surface area contributed by atoms with E-state index in [1.165, 1.54) is 44.9 Å². The van der Waals surface area contributed by atoms with Crippen molar-refractivity contribution in [2.45, 2.75) is 64.1 Å². The lowest BCUT2D eigenvalue weighted by Gasteiger charge is -2.22. The molecule has 0 radical (unpaired) electrons. The minimum Gasteiger partial charge on any atom is -0.489 e. The smallest absolute Gasteiger partial charge is 0.124 e. The van der Waals surface area contributed by atoms with Crippen LogP contribution in [0.3, 0.4) is 0 Å². The van der Waals surface area contributed by atoms with Gasteiger partial charge in [-0.05, 0) is 43.2 Å². The number of nitrogens with one attached hydrogen (secondary N) is 1. The van der Waals surface area contributed by atoms with Crippen molar-refractivity contribution in [2.75, 3.05) is 0 Å². The number of hydrogen-bond donors (Lipinski definition) is 1. The monoisotopic (exact) mass is 469 g/mol. The summed E-state index contributed by atoms with van der Waals surface area (Å²) in [5.74, 6) is 0.891. The van der Waals surface area contributed by atoms with Crippen molar-refractivity contribution >= 4 is 39.1 Å². The van der Waals surface area contributed by atoms with Crippen LogP contribution in [-0.4, -0.2) is 6.04 Å². The molecule has 146 valence electrons. The molecule has 0 atom stereocenters. The minimum atomic E-state index is 0.425. The van der Waals surface area contributed by atoms with Gasteiger partial charge in [-0.3, -0.25) is 0 Å². The molecule has 0 unspecified atom stereocenters. The van der Waals surface area contributed by atoms with E-state index >= 15 is 0 Å². The van der Waals surface area contributed by atoms with Crippen LogP contribution in [0.5, 0.6) is 5.75 Å². The summed E-state index contributed by atoms with van der Waals surface area (Å²) in [6.45, 7) is 1.24. The Morgan fingerprint density at radius 2 is 1.67 bits per heavy atom. The van der Waals surface area contributed by atoms with E-state index in [0.717, 1.165) is 27.9 Å². The first-order valence-corrected chi connectivity index (χ1v) is 11.3. The molecule has 1 aliphatic carbocycles. The number of benzene rings is 2. The average Bonchev–Trinajstić information content (AvgIpc) is 2.61. The highest BCUT2D eigenvalue weighted by atomic mass is 79.9. The van der Waals surface area contributed by atoms with Gasteiger partial charge in [-0.1, -0.05) is 77.3 Å². The third-order valence-corrected chi connectivity index (χ3v) is 6.19. The highest BCUT2D eigenvalue weighted by Crippen LogP contribution is 2.27. The molecule has 2 aromatic rings. The lowest BCUT2D eigenvalue weighted by molar-refractivity contribution is 0.300. The van der Waals surface area contributed by atoms with Crippen molar-refractivity contribution in [1.29, 1.82) is 0 Å². The summed E-state index contributed by atoms with van der Waals surface area (Å²) in [4.78, 5) is 0. The van der Waals surface area contributed by atoms with E-state index in [0.29, 0.717) is 22.7 Å². The van der Waals surface area contributed by atoms with E-state index in [1.807, 2.05) is 24.3 Å². The van der Waals surface area contributed by atoms with Crippen LogP contribution in [0.2, 0.25) is 10.0 Å². The molecular weight excluding hydrogens is 445 g/mol. The fraction of sp³-hybridized carbons (Fsp3) is 0.455. The Labute approximate surface area is 180 Å². The summed E-state index contributed by atoms with van der Waals surface area (Å²) in [6.07, 6.45) is 9.32. The normalized spacial score (nSPS) is 16.0. The summed E-state index contributed by atoms with van der Waals surface area (Å²) in [6, 6.07) is 12.3. The molecule has 2 nitrogen and oxygen atoms in total. The Balaban J connectivity index is 1.63. The van der Waals surface area contributed by atoms with Crippen LogP contribution in [0.25, 0.3) is 0 Å². The third kappa shape index (κ3) is 6.67. The van der Waals surface area contributed by atoms with Gasteiger partial charge in [0.05, 0.1) is 0 Å². The second-order valence-electron chi connectivity index (χ2n) is 7.20. The number of ether oxygens (including phenoxy) is 1. The van der Waals surface area contributed by atoms with Gasteiger partial charge in [0.25, 0.3) is 0 Å². The zero-order valence-corrected chi connectivity index (χ0v) is 18.5. The zero-order valence-electron chi connectivity index (χ0n) is 15.4. The number of rotatable bonds is 6. The SMILES string of the molecule is Clc1ccc(COc2ccc(Br)cc2CNC2CCCCCCC2)c(Cl)c1. The Hall–Kier alpha value is -0.740. The molecule has 0 saturated heterocycles. The maximum absolute atomic E-state index is 6.27. The van der Waals surface area contributed by atoms with Crippen molar-refractivity contribution in [3.63, 3.8) is 0 Å². The second-order valence-corrected chi connectivity index (χ2v) is 8.96. The number of hydrogen-bond acceptors (Lipinski definition) is 2. The van der Waals surface area contributed by atoms with Crippen LogP contribution in [0.1, 0.15) is 56.1 Å². The lowest BCUT2D eigenvalue weighted by atomic mass is 9.96. The van der Waals surface area contributed by atoms with Crippen LogP contribution in [0.4, 0.5) is 0 Å². The van der Waals surface area contributed by atoms with Gasteiger partial charge in [0.15, 0.2) is 0 Å². The quantitative estimate of drug-likeness (QED) is 0.470. The molecule has 0 aliphatic heterocycles. The first kappa shape index (κ1) is 21.0. The molecule has 1 N–H and O–H groups in total. The molecule has 1 fully saturated rings. The van der Waals surface area contributed by atoms with Crippen LogP contribution < -0.4 is 10.1 Å². The molecular formula is C22H26BrCl2NO. The first-order valence-electron chi connectivity index (χ1n) is 9.70. The summed E-state index contributed by atoms with van der Waals surface area (Å²) < 4.78 is 7.16. The summed E-state index contributed by atoms with van der Waals surface area (Å²) >= 11 is 15.8. The topological polar surface area (TPSA) is 21.3 Å². The second kappa shape index (κ2) is 10.7. The molecule has 27 heavy (non-hydrogen) atoms. The summed E-state index contributed by atoms with van der Waals surface area (Å²) in [7, 11) is 0. The van der Waals surface area contributed by atoms with Gasteiger partial charge in [-0.25, -0.2) is 0 Å². The van der Waals surface area contributed by atoms with E-state index in [-0.39, 0.29) is 0 Å². The Bertz CT molecular complexity index is 745. The van der Waals surface area contributed by atoms with E-state index in [1.54, 1.807) is 6.07 Å².